The van der Waals surface area contributed by atoms with E-state index >= 15 is 0 Å². The number of amides is 4. The molecular weight excluding hydrogens is 584 g/mol. The number of nitrogens with one attached hydrogen (secondary N) is 2. The Hall–Kier alpha value is -3.67. The van der Waals surface area contributed by atoms with E-state index in [2.05, 4.69) is 23.2 Å². The molecule has 5 rings (SSSR count). The van der Waals surface area contributed by atoms with Crippen molar-refractivity contribution >= 4 is 33.8 Å². The van der Waals surface area contributed by atoms with Crippen LogP contribution in [0.4, 0.5) is 4.79 Å². The van der Waals surface area contributed by atoms with Crippen LogP contribution in [-0.2, 0) is 42.2 Å². The average Bonchev–Trinajstić information content (AvgIpc) is 3.89. The molecule has 5 atom stereocenters. The highest BCUT2D eigenvalue weighted by Gasteiger charge is 2.62. The summed E-state index contributed by atoms with van der Waals surface area (Å²) in [6, 6.07) is 7.77. The zero-order valence-electron chi connectivity index (χ0n) is 25.2. The van der Waals surface area contributed by atoms with Gasteiger partial charge in [-0.05, 0) is 62.5 Å². The van der Waals surface area contributed by atoms with Crippen molar-refractivity contribution in [3.05, 3.63) is 60.7 Å². The molecule has 1 aliphatic heterocycles. The summed E-state index contributed by atoms with van der Waals surface area (Å²) in [5.74, 6) is -3.67. The summed E-state index contributed by atoms with van der Waals surface area (Å²) in [7, 11) is -2.14. The Kier molecular flexibility index (Phi) is 9.20. The van der Waals surface area contributed by atoms with Gasteiger partial charge in [0.15, 0.2) is 0 Å². The first kappa shape index (κ1) is 31.7. The molecule has 1 aromatic rings. The van der Waals surface area contributed by atoms with Gasteiger partial charge in [-0.25, -0.2) is 13.2 Å². The Morgan fingerprint density at radius 1 is 1.07 bits per heavy atom. The molecule has 3 aliphatic carbocycles. The Labute approximate surface area is 259 Å². The second-order valence-electron chi connectivity index (χ2n) is 12.5. The van der Waals surface area contributed by atoms with Crippen LogP contribution in [-0.4, -0.2) is 72.5 Å². The molecule has 4 amide bonds. The maximum absolute atomic E-state index is 13.8. The molecule has 4 aliphatic rings. The van der Waals surface area contributed by atoms with E-state index in [1.165, 1.54) is 6.08 Å². The molecule has 238 valence electrons. The van der Waals surface area contributed by atoms with E-state index in [-0.39, 0.29) is 25.2 Å². The number of rotatable bonds is 13. The van der Waals surface area contributed by atoms with E-state index in [0.29, 0.717) is 32.5 Å². The van der Waals surface area contributed by atoms with Gasteiger partial charge in [0.2, 0.25) is 21.8 Å². The van der Waals surface area contributed by atoms with E-state index in [0.717, 1.165) is 30.4 Å². The minimum atomic E-state index is -3.83. The lowest BCUT2D eigenvalue weighted by molar-refractivity contribution is -0.140. The number of unbranched alkanes of at least 4 members (excludes halogenated alkanes) is 2. The van der Waals surface area contributed by atoms with Crippen molar-refractivity contribution in [2.75, 3.05) is 13.6 Å². The molecule has 0 radical (unpaired) electrons. The zero-order valence-corrected chi connectivity index (χ0v) is 26.0. The van der Waals surface area contributed by atoms with Gasteiger partial charge in [-0.3, -0.25) is 24.0 Å². The number of allylic oxidation sites excluding steroid dienone is 1. The molecule has 2 N–H and O–H groups in total. The summed E-state index contributed by atoms with van der Waals surface area (Å²) >= 11 is 0. The third kappa shape index (κ3) is 6.69. The highest BCUT2D eigenvalue weighted by atomic mass is 32.2. The van der Waals surface area contributed by atoms with Crippen LogP contribution in [0.25, 0.3) is 0 Å². The van der Waals surface area contributed by atoms with E-state index in [1.807, 2.05) is 30.3 Å². The average molecular weight is 627 g/mol. The molecule has 0 aromatic heterocycles. The molecule has 3 saturated carbocycles. The van der Waals surface area contributed by atoms with Crippen LogP contribution < -0.4 is 10.0 Å². The normalized spacial score (nSPS) is 27.2. The van der Waals surface area contributed by atoms with Crippen molar-refractivity contribution in [2.45, 2.75) is 81.3 Å². The fraction of sp³-hybridized carbons (Fsp3) is 0.562. The van der Waals surface area contributed by atoms with Gasteiger partial charge >= 0.3 is 6.09 Å². The van der Waals surface area contributed by atoms with Crippen LogP contribution in [0.2, 0.25) is 0 Å². The molecule has 44 heavy (non-hydrogen) atoms. The molecular formula is C32H42N4O7S. The monoisotopic (exact) mass is 626 g/mol. The lowest BCUT2D eigenvalue weighted by Gasteiger charge is -2.26. The number of ether oxygens (including phenoxy) is 1. The van der Waals surface area contributed by atoms with Gasteiger partial charge in [0.1, 0.15) is 11.6 Å². The number of benzene rings is 1. The number of hydrogen-bond acceptors (Lipinski definition) is 7. The number of fused-ring (bicyclic) bond motifs is 1. The van der Waals surface area contributed by atoms with Gasteiger partial charge in [-0.1, -0.05) is 36.4 Å². The fourth-order valence-electron chi connectivity index (χ4n) is 6.39. The SMILES string of the molecule is C=CCCCCN(C)C(=O)C1CC(OC(=O)N2Cc3ccccc3C2)CC1C(=O)NC1(C(=O)NS(=O)(=O)C2CC2)CC1C=C. The maximum atomic E-state index is 13.8. The third-order valence-corrected chi connectivity index (χ3v) is 11.1. The molecule has 12 heteroatoms. The van der Waals surface area contributed by atoms with Gasteiger partial charge in [-0.15, -0.1) is 13.2 Å². The number of sulfonamides is 1. The van der Waals surface area contributed by atoms with Crippen molar-refractivity contribution in [2.24, 2.45) is 17.8 Å². The fourth-order valence-corrected chi connectivity index (χ4v) is 7.75. The largest absolute Gasteiger partial charge is 0.446 e. The predicted molar refractivity (Wildman–Crippen MR) is 163 cm³/mol. The lowest BCUT2D eigenvalue weighted by Crippen LogP contribution is -2.54. The highest BCUT2D eigenvalue weighted by molar-refractivity contribution is 7.91. The summed E-state index contributed by atoms with van der Waals surface area (Å²) in [6.45, 7) is 8.82. The minimum Gasteiger partial charge on any atom is -0.446 e. The van der Waals surface area contributed by atoms with E-state index in [1.54, 1.807) is 16.8 Å². The van der Waals surface area contributed by atoms with Crippen LogP contribution >= 0.6 is 0 Å². The van der Waals surface area contributed by atoms with Crippen LogP contribution in [0, 0.1) is 17.8 Å². The quantitative estimate of drug-likeness (QED) is 0.253. The van der Waals surface area contributed by atoms with Crippen LogP contribution in [0.3, 0.4) is 0 Å². The van der Waals surface area contributed by atoms with E-state index in [4.69, 9.17) is 4.74 Å². The minimum absolute atomic E-state index is 0.107. The van der Waals surface area contributed by atoms with E-state index < -0.39 is 62.6 Å². The third-order valence-electron chi connectivity index (χ3n) is 9.32. The second-order valence-corrected chi connectivity index (χ2v) is 14.5. The summed E-state index contributed by atoms with van der Waals surface area (Å²) in [5.41, 5.74) is 0.640. The van der Waals surface area contributed by atoms with Gasteiger partial charge in [0.05, 0.1) is 17.1 Å². The predicted octanol–water partition coefficient (Wildman–Crippen LogP) is 3.02. The molecule has 5 unspecified atom stereocenters. The number of hydrogen-bond donors (Lipinski definition) is 2. The van der Waals surface area contributed by atoms with Crippen molar-refractivity contribution in [1.29, 1.82) is 0 Å². The topological polar surface area (TPSA) is 142 Å². The lowest BCUT2D eigenvalue weighted by atomic mass is 9.93. The van der Waals surface area contributed by atoms with Crippen LogP contribution in [0.5, 0.6) is 0 Å². The second kappa shape index (κ2) is 12.7. The Bertz CT molecular complexity index is 1420. The Morgan fingerprint density at radius 3 is 2.32 bits per heavy atom. The summed E-state index contributed by atoms with van der Waals surface area (Å²) in [4.78, 5) is 57.1. The maximum Gasteiger partial charge on any atom is 0.410 e. The van der Waals surface area contributed by atoms with Crippen molar-refractivity contribution in [3.8, 4) is 0 Å². The first-order chi connectivity index (χ1) is 21.0. The Morgan fingerprint density at radius 2 is 1.73 bits per heavy atom. The number of carbonyl (C=O) groups is 4. The van der Waals surface area contributed by atoms with Crippen molar-refractivity contribution < 1.29 is 32.3 Å². The van der Waals surface area contributed by atoms with Crippen LogP contribution in [0.1, 0.15) is 62.5 Å². The Balaban J connectivity index is 1.29. The van der Waals surface area contributed by atoms with Crippen molar-refractivity contribution in [1.82, 2.24) is 19.8 Å². The molecule has 1 aromatic carbocycles. The van der Waals surface area contributed by atoms with Gasteiger partial charge in [-0.2, -0.15) is 0 Å². The van der Waals surface area contributed by atoms with Crippen LogP contribution in [0.15, 0.2) is 49.6 Å². The first-order valence-corrected chi connectivity index (χ1v) is 16.9. The summed E-state index contributed by atoms with van der Waals surface area (Å²) in [6.07, 6.45) is 6.10. The highest BCUT2D eigenvalue weighted by Crippen LogP contribution is 2.46. The van der Waals surface area contributed by atoms with Gasteiger partial charge in [0, 0.05) is 32.6 Å². The molecule has 3 fully saturated rings. The number of nitrogens with zero attached hydrogens (tertiary/aromatic N) is 2. The molecule has 0 saturated heterocycles. The van der Waals surface area contributed by atoms with Crippen molar-refractivity contribution in [3.63, 3.8) is 0 Å². The first-order valence-electron chi connectivity index (χ1n) is 15.4. The molecule has 0 bridgehead atoms. The standard InChI is InChI=1S/C32H42N4O7S/c1-4-6-7-10-15-35(3)29(38)27-17-24(43-31(40)36-19-21-11-8-9-12-22(21)20-36)16-26(27)28(37)33-32(18-23(32)5-2)30(39)34-44(41,42)25-13-14-25/h4-5,8-9,11-12,23-27H,1-2,6-7,10,13-20H2,3H3,(H,33,37)(H,34,39). The smallest absolute Gasteiger partial charge is 0.410 e. The number of carbonyl (C=O) groups excluding carboxylic acids is 4. The molecule has 11 nitrogen and oxygen atoms in total. The zero-order chi connectivity index (χ0) is 31.6. The molecule has 1 heterocycles. The van der Waals surface area contributed by atoms with Gasteiger partial charge in [0.25, 0.3) is 5.91 Å². The van der Waals surface area contributed by atoms with Gasteiger partial charge < -0.3 is 15.0 Å². The molecule has 0 spiro atoms. The summed E-state index contributed by atoms with van der Waals surface area (Å²) in [5, 5.41) is 2.20. The van der Waals surface area contributed by atoms with E-state index in [9.17, 15) is 27.6 Å². The summed E-state index contributed by atoms with van der Waals surface area (Å²) < 4.78 is 33.0.